The Labute approximate surface area is 92.5 Å². The molecule has 0 aromatic carbocycles. The number of aliphatic carboxylic acids is 1. The molecule has 0 aliphatic heterocycles. The van der Waals surface area contributed by atoms with E-state index in [2.05, 4.69) is 6.92 Å². The molecule has 0 aliphatic carbocycles. The van der Waals surface area contributed by atoms with Crippen molar-refractivity contribution in [3.63, 3.8) is 0 Å². The summed E-state index contributed by atoms with van der Waals surface area (Å²) in [5.41, 5.74) is 5.27. The molecule has 0 amide bonds. The number of hydrogen-bond acceptors (Lipinski definition) is 3. The summed E-state index contributed by atoms with van der Waals surface area (Å²) in [7, 11) is 0. The molecule has 0 aromatic rings. The number of aliphatic hydroxyl groups excluding tert-OH is 1. The molecule has 15 heavy (non-hydrogen) atoms. The zero-order valence-electron chi connectivity index (χ0n) is 10.2. The van der Waals surface area contributed by atoms with Crippen molar-refractivity contribution in [3.05, 3.63) is 0 Å². The van der Waals surface area contributed by atoms with E-state index in [9.17, 15) is 4.79 Å². The van der Waals surface area contributed by atoms with Gasteiger partial charge in [0.2, 0.25) is 0 Å². The molecule has 3 unspecified atom stereocenters. The van der Waals surface area contributed by atoms with Crippen LogP contribution in [0.1, 0.15) is 40.5 Å². The van der Waals surface area contributed by atoms with E-state index < -0.39 is 12.0 Å². The lowest BCUT2D eigenvalue weighted by atomic mass is 10.0. The fraction of sp³-hybridized carbons (Fsp3) is 0.909. The first-order valence-electron chi connectivity index (χ1n) is 5.49. The number of carboxylic acids is 1. The van der Waals surface area contributed by atoms with Crippen LogP contribution in [0.2, 0.25) is 0 Å². The molecular formula is C11H25NO3. The van der Waals surface area contributed by atoms with Crippen LogP contribution in [-0.4, -0.2) is 28.8 Å². The predicted octanol–water partition coefficient (Wildman–Crippen LogP) is 1.47. The molecule has 0 aliphatic rings. The molecule has 0 aromatic heterocycles. The maximum atomic E-state index is 10.2. The van der Waals surface area contributed by atoms with E-state index in [0.717, 1.165) is 12.8 Å². The SMILES string of the molecule is CCC(C)C(N)C(=O)O.CCC(C)CO. The Morgan fingerprint density at radius 2 is 1.73 bits per heavy atom. The maximum absolute atomic E-state index is 10.2. The van der Waals surface area contributed by atoms with E-state index in [-0.39, 0.29) is 5.92 Å². The number of rotatable bonds is 5. The molecule has 0 heterocycles. The summed E-state index contributed by atoms with van der Waals surface area (Å²) in [6.07, 6.45) is 1.89. The lowest BCUT2D eigenvalue weighted by Crippen LogP contribution is -2.36. The van der Waals surface area contributed by atoms with Gasteiger partial charge in [0.05, 0.1) is 0 Å². The zero-order chi connectivity index (χ0) is 12.4. The van der Waals surface area contributed by atoms with Gasteiger partial charge in [0.15, 0.2) is 0 Å². The number of hydrogen-bond donors (Lipinski definition) is 3. The van der Waals surface area contributed by atoms with Crippen molar-refractivity contribution in [1.82, 2.24) is 0 Å². The van der Waals surface area contributed by atoms with Crippen molar-refractivity contribution in [3.8, 4) is 0 Å². The van der Waals surface area contributed by atoms with Gasteiger partial charge < -0.3 is 15.9 Å². The normalized spacial score (nSPS) is 15.9. The smallest absolute Gasteiger partial charge is 0.320 e. The number of carbonyl (C=O) groups is 1. The second kappa shape index (κ2) is 9.93. The Kier molecular flexibility index (Phi) is 11.1. The first kappa shape index (κ1) is 16.8. The highest BCUT2D eigenvalue weighted by Gasteiger charge is 2.17. The number of aliphatic hydroxyl groups is 1. The Bertz CT molecular complexity index is 158. The molecule has 0 rings (SSSR count). The summed E-state index contributed by atoms with van der Waals surface area (Å²) < 4.78 is 0. The van der Waals surface area contributed by atoms with Crippen LogP contribution in [0.5, 0.6) is 0 Å². The van der Waals surface area contributed by atoms with E-state index in [0.29, 0.717) is 12.5 Å². The third-order valence-electron chi connectivity index (χ3n) is 2.55. The third kappa shape index (κ3) is 9.69. The van der Waals surface area contributed by atoms with Gasteiger partial charge in [-0.3, -0.25) is 4.79 Å². The molecule has 4 N–H and O–H groups in total. The largest absolute Gasteiger partial charge is 0.480 e. The van der Waals surface area contributed by atoms with Gasteiger partial charge in [-0.15, -0.1) is 0 Å². The van der Waals surface area contributed by atoms with E-state index >= 15 is 0 Å². The Hall–Kier alpha value is -0.610. The number of nitrogens with two attached hydrogens (primary N) is 1. The molecule has 0 saturated heterocycles. The molecule has 0 saturated carbocycles. The first-order valence-corrected chi connectivity index (χ1v) is 5.49. The fourth-order valence-electron chi connectivity index (χ4n) is 0.626. The van der Waals surface area contributed by atoms with E-state index in [4.69, 9.17) is 15.9 Å². The number of carboxylic acid groups (broad SMARTS) is 1. The second-order valence-electron chi connectivity index (χ2n) is 3.95. The predicted molar refractivity (Wildman–Crippen MR) is 61.6 cm³/mol. The molecule has 4 heteroatoms. The van der Waals surface area contributed by atoms with Crippen molar-refractivity contribution in [2.75, 3.05) is 6.61 Å². The average molecular weight is 219 g/mol. The highest BCUT2D eigenvalue weighted by atomic mass is 16.4. The summed E-state index contributed by atoms with van der Waals surface area (Å²) in [5.74, 6) is -0.350. The topological polar surface area (TPSA) is 83.6 Å². The minimum Gasteiger partial charge on any atom is -0.480 e. The summed E-state index contributed by atoms with van der Waals surface area (Å²) in [4.78, 5) is 10.2. The minimum absolute atomic E-state index is 0.0718. The second-order valence-corrected chi connectivity index (χ2v) is 3.95. The fourth-order valence-corrected chi connectivity index (χ4v) is 0.626. The lowest BCUT2D eigenvalue weighted by Gasteiger charge is -2.11. The van der Waals surface area contributed by atoms with Gasteiger partial charge in [0.25, 0.3) is 0 Å². The zero-order valence-corrected chi connectivity index (χ0v) is 10.2. The van der Waals surface area contributed by atoms with Crippen LogP contribution in [0.25, 0.3) is 0 Å². The van der Waals surface area contributed by atoms with Crippen LogP contribution >= 0.6 is 0 Å². The van der Waals surface area contributed by atoms with Gasteiger partial charge >= 0.3 is 5.97 Å². The molecule has 92 valence electrons. The Morgan fingerprint density at radius 1 is 1.27 bits per heavy atom. The molecular weight excluding hydrogens is 194 g/mol. The Balaban J connectivity index is 0. The van der Waals surface area contributed by atoms with Crippen molar-refractivity contribution >= 4 is 5.97 Å². The monoisotopic (exact) mass is 219 g/mol. The van der Waals surface area contributed by atoms with Gasteiger partial charge in [-0.05, 0) is 11.8 Å². The van der Waals surface area contributed by atoms with E-state index in [1.54, 1.807) is 0 Å². The molecule has 0 bridgehead atoms. The van der Waals surface area contributed by atoms with Crippen molar-refractivity contribution in [2.45, 2.75) is 46.6 Å². The third-order valence-corrected chi connectivity index (χ3v) is 2.55. The highest BCUT2D eigenvalue weighted by Crippen LogP contribution is 2.04. The molecule has 0 radical (unpaired) electrons. The van der Waals surface area contributed by atoms with Crippen LogP contribution in [0.3, 0.4) is 0 Å². The van der Waals surface area contributed by atoms with Gasteiger partial charge in [-0.1, -0.05) is 40.5 Å². The molecule has 0 spiro atoms. The average Bonchev–Trinajstić information content (AvgIpc) is 2.26. The van der Waals surface area contributed by atoms with Crippen molar-refractivity contribution in [2.24, 2.45) is 17.6 Å². The van der Waals surface area contributed by atoms with Crippen molar-refractivity contribution < 1.29 is 15.0 Å². The molecule has 0 fully saturated rings. The molecule has 3 atom stereocenters. The van der Waals surface area contributed by atoms with Crippen LogP contribution in [0.4, 0.5) is 0 Å². The van der Waals surface area contributed by atoms with E-state index in [1.165, 1.54) is 0 Å². The van der Waals surface area contributed by atoms with Crippen LogP contribution in [0, 0.1) is 11.8 Å². The maximum Gasteiger partial charge on any atom is 0.320 e. The van der Waals surface area contributed by atoms with E-state index in [1.807, 2.05) is 20.8 Å². The summed E-state index contributed by atoms with van der Waals surface area (Å²) in [6.45, 7) is 8.18. The summed E-state index contributed by atoms with van der Waals surface area (Å²) >= 11 is 0. The molecule has 4 nitrogen and oxygen atoms in total. The quantitative estimate of drug-likeness (QED) is 0.654. The van der Waals surface area contributed by atoms with Crippen LogP contribution in [-0.2, 0) is 4.79 Å². The Morgan fingerprint density at radius 3 is 1.80 bits per heavy atom. The van der Waals surface area contributed by atoms with Gasteiger partial charge in [0.1, 0.15) is 6.04 Å². The van der Waals surface area contributed by atoms with Gasteiger partial charge in [-0.2, -0.15) is 0 Å². The minimum atomic E-state index is -0.913. The van der Waals surface area contributed by atoms with Crippen LogP contribution < -0.4 is 5.73 Å². The van der Waals surface area contributed by atoms with Crippen molar-refractivity contribution in [1.29, 1.82) is 0 Å². The van der Waals surface area contributed by atoms with Crippen LogP contribution in [0.15, 0.2) is 0 Å². The summed E-state index contributed by atoms with van der Waals surface area (Å²) in [5, 5.41) is 16.7. The first-order chi connectivity index (χ1) is 6.90. The summed E-state index contributed by atoms with van der Waals surface area (Å²) in [6, 6.07) is -0.699. The van der Waals surface area contributed by atoms with Gasteiger partial charge in [-0.25, -0.2) is 0 Å². The standard InChI is InChI=1S/C6H13NO2.C5H12O/c1-3-4(2)5(7)6(8)9;1-3-5(2)4-6/h4-5H,3,7H2,1-2H3,(H,8,9);5-6H,3-4H2,1-2H3. The lowest BCUT2D eigenvalue weighted by molar-refractivity contribution is -0.139. The highest BCUT2D eigenvalue weighted by molar-refractivity contribution is 5.73. The van der Waals surface area contributed by atoms with Gasteiger partial charge in [0, 0.05) is 6.61 Å².